The minimum Gasteiger partial charge on any atom is -0.507 e. The maximum Gasteiger partial charge on any atom is 0.301 e. The summed E-state index contributed by atoms with van der Waals surface area (Å²) >= 11 is 7.43. The molecule has 0 spiro atoms. The molecule has 3 aromatic carbocycles. The summed E-state index contributed by atoms with van der Waals surface area (Å²) in [6.45, 7) is 5.94. The number of nitrogens with zero attached hydrogens (tertiary/aromatic N) is 2. The van der Waals surface area contributed by atoms with Gasteiger partial charge in [-0.1, -0.05) is 47.7 Å². The highest BCUT2D eigenvalue weighted by Gasteiger charge is 2.48. The van der Waals surface area contributed by atoms with Crippen molar-refractivity contribution >= 4 is 55.7 Å². The number of amides is 1. The second-order valence-electron chi connectivity index (χ2n) is 9.40. The molecule has 2 aliphatic rings. The first-order chi connectivity index (χ1) is 18.8. The van der Waals surface area contributed by atoms with E-state index in [1.807, 2.05) is 13.0 Å². The van der Waals surface area contributed by atoms with E-state index in [1.165, 1.54) is 16.2 Å². The van der Waals surface area contributed by atoms with E-state index in [-0.39, 0.29) is 24.0 Å². The lowest BCUT2D eigenvalue weighted by atomic mass is 9.94. The van der Waals surface area contributed by atoms with E-state index in [0.717, 1.165) is 16.0 Å². The molecule has 2 atom stereocenters. The fraction of sp³-hybridized carbons (Fsp3) is 0.167. The van der Waals surface area contributed by atoms with Crippen LogP contribution in [0.3, 0.4) is 0 Å². The van der Waals surface area contributed by atoms with Crippen molar-refractivity contribution in [3.05, 3.63) is 101 Å². The minimum atomic E-state index is -0.934. The third-order valence-corrected chi connectivity index (χ3v) is 7.95. The summed E-state index contributed by atoms with van der Waals surface area (Å²) in [7, 11) is 0. The number of halogens is 1. The molecule has 1 saturated heterocycles. The maximum atomic E-state index is 13.6. The summed E-state index contributed by atoms with van der Waals surface area (Å²) < 4.78 is 12.3. The molecule has 3 heterocycles. The van der Waals surface area contributed by atoms with E-state index in [0.29, 0.717) is 39.0 Å². The number of carbonyl (C=O) groups excluding carboxylic acids is 2. The molecule has 1 fully saturated rings. The average molecular weight is 559 g/mol. The Morgan fingerprint density at radius 2 is 2.08 bits per heavy atom. The van der Waals surface area contributed by atoms with Gasteiger partial charge in [0.15, 0.2) is 5.13 Å². The molecule has 9 heteroatoms. The van der Waals surface area contributed by atoms with Gasteiger partial charge in [-0.25, -0.2) is 4.98 Å². The standard InChI is InChI=1S/C30H23ClN2O5S/c1-3-11-37-21-6-4-5-17(14-21)26-25(27(34)18-7-10-23-19(13-18)12-16(2)38-23)28(35)29(36)33(26)30-32-22-9-8-20(31)15-24(22)39-30/h3-10,13-16,26,34H,1,11-12H2,2H3/t16-,26-/m0/s1. The zero-order valence-electron chi connectivity index (χ0n) is 20.9. The molecule has 1 aromatic heterocycles. The second kappa shape index (κ2) is 9.87. The number of ether oxygens (including phenoxy) is 2. The lowest BCUT2D eigenvalue weighted by Gasteiger charge is -2.23. The van der Waals surface area contributed by atoms with Crippen molar-refractivity contribution in [2.45, 2.75) is 25.5 Å². The highest BCUT2D eigenvalue weighted by atomic mass is 35.5. The second-order valence-corrected chi connectivity index (χ2v) is 10.9. The summed E-state index contributed by atoms with van der Waals surface area (Å²) in [5, 5.41) is 12.4. The Bertz CT molecular complexity index is 1690. The molecule has 0 unspecified atom stereocenters. The molecule has 2 aliphatic heterocycles. The molecule has 0 radical (unpaired) electrons. The number of anilines is 1. The smallest absolute Gasteiger partial charge is 0.301 e. The van der Waals surface area contributed by atoms with Crippen LogP contribution < -0.4 is 14.4 Å². The van der Waals surface area contributed by atoms with Gasteiger partial charge in [0.05, 0.1) is 21.8 Å². The summed E-state index contributed by atoms with van der Waals surface area (Å²) in [6.07, 6.45) is 2.34. The number of aliphatic hydroxyl groups excluding tert-OH is 1. The van der Waals surface area contributed by atoms with E-state index in [4.69, 9.17) is 21.1 Å². The first-order valence-corrected chi connectivity index (χ1v) is 13.5. The SMILES string of the molecule is C=CCOc1cccc([C@H]2C(=C(O)c3ccc4c(c3)C[C@H](C)O4)C(=O)C(=O)N2c2nc3ccc(Cl)cc3s2)c1. The van der Waals surface area contributed by atoms with Crippen molar-refractivity contribution in [2.24, 2.45) is 0 Å². The van der Waals surface area contributed by atoms with E-state index < -0.39 is 17.7 Å². The predicted molar refractivity (Wildman–Crippen MR) is 152 cm³/mol. The van der Waals surface area contributed by atoms with Gasteiger partial charge < -0.3 is 14.6 Å². The number of benzene rings is 3. The number of hydrogen-bond acceptors (Lipinski definition) is 7. The molecule has 6 rings (SSSR count). The molecule has 7 nitrogen and oxygen atoms in total. The Labute approximate surface area is 233 Å². The van der Waals surface area contributed by atoms with Gasteiger partial charge >= 0.3 is 5.91 Å². The number of hydrogen-bond donors (Lipinski definition) is 1. The number of thiazole rings is 1. The van der Waals surface area contributed by atoms with Crippen LogP contribution in [0.5, 0.6) is 11.5 Å². The van der Waals surface area contributed by atoms with Crippen molar-refractivity contribution in [3.63, 3.8) is 0 Å². The summed E-state index contributed by atoms with van der Waals surface area (Å²) in [5.41, 5.74) is 2.58. The third-order valence-electron chi connectivity index (χ3n) is 6.70. The third kappa shape index (κ3) is 4.45. The molecule has 0 bridgehead atoms. The van der Waals surface area contributed by atoms with E-state index in [9.17, 15) is 14.7 Å². The lowest BCUT2D eigenvalue weighted by Crippen LogP contribution is -2.29. The monoisotopic (exact) mass is 558 g/mol. The van der Waals surface area contributed by atoms with Gasteiger partial charge in [-0.2, -0.15) is 0 Å². The first kappa shape index (κ1) is 25.2. The van der Waals surface area contributed by atoms with Crippen molar-refractivity contribution < 1.29 is 24.2 Å². The normalized spacial score (nSPS) is 19.8. The number of aromatic nitrogens is 1. The van der Waals surface area contributed by atoms with Crippen LogP contribution in [-0.2, 0) is 16.0 Å². The molecule has 0 saturated carbocycles. The van der Waals surface area contributed by atoms with Gasteiger partial charge in [0.2, 0.25) is 0 Å². The van der Waals surface area contributed by atoms with Crippen molar-refractivity contribution in [2.75, 3.05) is 11.5 Å². The maximum absolute atomic E-state index is 13.6. The van der Waals surface area contributed by atoms with E-state index >= 15 is 0 Å². The Hall–Kier alpha value is -4.14. The highest BCUT2D eigenvalue weighted by molar-refractivity contribution is 7.22. The van der Waals surface area contributed by atoms with Gasteiger partial charge in [-0.15, -0.1) is 0 Å². The van der Waals surface area contributed by atoms with Gasteiger partial charge in [0.25, 0.3) is 5.78 Å². The number of rotatable bonds is 6. The Morgan fingerprint density at radius 3 is 2.90 bits per heavy atom. The number of fused-ring (bicyclic) bond motifs is 2. The Kier molecular flexibility index (Phi) is 6.37. The van der Waals surface area contributed by atoms with Crippen molar-refractivity contribution in [3.8, 4) is 11.5 Å². The largest absolute Gasteiger partial charge is 0.507 e. The Balaban J connectivity index is 1.53. The molecule has 0 aliphatic carbocycles. The van der Waals surface area contributed by atoms with Gasteiger partial charge in [0, 0.05) is 17.0 Å². The molecule has 1 amide bonds. The predicted octanol–water partition coefficient (Wildman–Crippen LogP) is 6.46. The zero-order chi connectivity index (χ0) is 27.3. The van der Waals surface area contributed by atoms with Crippen LogP contribution in [0.1, 0.15) is 29.7 Å². The zero-order valence-corrected chi connectivity index (χ0v) is 22.5. The fourth-order valence-electron chi connectivity index (χ4n) is 4.99. The number of aliphatic hydroxyl groups is 1. The fourth-order valence-corrected chi connectivity index (χ4v) is 6.26. The van der Waals surface area contributed by atoms with Crippen LogP contribution in [-0.4, -0.2) is 34.5 Å². The summed E-state index contributed by atoms with van der Waals surface area (Å²) in [4.78, 5) is 33.1. The van der Waals surface area contributed by atoms with Crippen LogP contribution in [0.15, 0.2) is 78.9 Å². The lowest BCUT2D eigenvalue weighted by molar-refractivity contribution is -0.132. The number of carbonyl (C=O) groups is 2. The first-order valence-electron chi connectivity index (χ1n) is 12.3. The van der Waals surface area contributed by atoms with Crippen LogP contribution in [0.4, 0.5) is 5.13 Å². The molecular weight excluding hydrogens is 536 g/mol. The van der Waals surface area contributed by atoms with Crippen LogP contribution >= 0.6 is 22.9 Å². The summed E-state index contributed by atoms with van der Waals surface area (Å²) in [6, 6.07) is 16.7. The molecule has 1 N–H and O–H groups in total. The van der Waals surface area contributed by atoms with Crippen molar-refractivity contribution in [1.29, 1.82) is 0 Å². The average Bonchev–Trinajstić information content (AvgIpc) is 3.59. The molecular formula is C30H23ClN2O5S. The topological polar surface area (TPSA) is 89.0 Å². The molecule has 39 heavy (non-hydrogen) atoms. The minimum absolute atomic E-state index is 0.0221. The number of ketones is 1. The van der Waals surface area contributed by atoms with Crippen LogP contribution in [0.2, 0.25) is 5.02 Å². The van der Waals surface area contributed by atoms with Crippen LogP contribution in [0.25, 0.3) is 16.0 Å². The van der Waals surface area contributed by atoms with E-state index in [1.54, 1.807) is 60.7 Å². The highest BCUT2D eigenvalue weighted by Crippen LogP contribution is 2.45. The number of Topliss-reactive ketones (excluding diaryl/α,β-unsaturated/α-hetero) is 1. The molecule has 196 valence electrons. The van der Waals surface area contributed by atoms with Gasteiger partial charge in [-0.3, -0.25) is 14.5 Å². The summed E-state index contributed by atoms with van der Waals surface area (Å²) in [5.74, 6) is -0.543. The van der Waals surface area contributed by atoms with E-state index in [2.05, 4.69) is 11.6 Å². The van der Waals surface area contributed by atoms with Crippen LogP contribution in [0, 0.1) is 0 Å². The Morgan fingerprint density at radius 1 is 1.23 bits per heavy atom. The quantitative estimate of drug-likeness (QED) is 0.126. The van der Waals surface area contributed by atoms with Crippen molar-refractivity contribution in [1.82, 2.24) is 4.98 Å². The molecule has 4 aromatic rings. The van der Waals surface area contributed by atoms with Gasteiger partial charge in [0.1, 0.15) is 30.0 Å². The van der Waals surface area contributed by atoms with Gasteiger partial charge in [-0.05, 0) is 66.6 Å².